The van der Waals surface area contributed by atoms with Gasteiger partial charge in [-0.3, -0.25) is 0 Å². The zero-order chi connectivity index (χ0) is 5.66. The van der Waals surface area contributed by atoms with Crippen molar-refractivity contribution in [3.8, 4) is 0 Å². The largest absolute Gasteiger partial charge is 0.0845 e. The van der Waals surface area contributed by atoms with E-state index in [1.165, 1.54) is 25.7 Å². The van der Waals surface area contributed by atoms with Crippen LogP contribution in [0.15, 0.2) is 12.2 Å². The monoisotopic (exact) mass is 108 g/mol. The van der Waals surface area contributed by atoms with Gasteiger partial charge in [-0.2, -0.15) is 0 Å². The van der Waals surface area contributed by atoms with E-state index in [0.717, 1.165) is 0 Å². The van der Waals surface area contributed by atoms with Gasteiger partial charge in [-0.15, -0.1) is 0 Å². The fraction of sp³-hybridized carbons (Fsp3) is 0.500. The summed E-state index contributed by atoms with van der Waals surface area (Å²) >= 11 is 0. The number of rotatable bonds is 0. The van der Waals surface area contributed by atoms with Crippen LogP contribution >= 0.6 is 0 Å². The van der Waals surface area contributed by atoms with Crippen LogP contribution in [0.5, 0.6) is 0 Å². The summed E-state index contributed by atoms with van der Waals surface area (Å²) in [6.45, 7) is 0. The number of hydrogen-bond acceptors (Lipinski definition) is 0. The molecule has 0 nitrogen and oxygen atoms in total. The summed E-state index contributed by atoms with van der Waals surface area (Å²) in [6.07, 6.45) is 14.0. The molecule has 0 heteroatoms. The smallest absolute Gasteiger partial charge is 0.0170 e. The quantitative estimate of drug-likeness (QED) is 0.447. The Kier molecular flexibility index (Phi) is 2.72. The zero-order valence-electron chi connectivity index (χ0n) is 5.14. The van der Waals surface area contributed by atoms with Gasteiger partial charge in [-0.1, -0.05) is 25.0 Å². The molecular formula is C8H12. The van der Waals surface area contributed by atoms with Crippen LogP contribution in [0.1, 0.15) is 25.7 Å². The lowest BCUT2D eigenvalue weighted by molar-refractivity contribution is 0.726. The van der Waals surface area contributed by atoms with Crippen molar-refractivity contribution in [2.24, 2.45) is 0 Å². The van der Waals surface area contributed by atoms with Gasteiger partial charge in [0.1, 0.15) is 0 Å². The van der Waals surface area contributed by atoms with Crippen molar-refractivity contribution in [3.05, 3.63) is 25.0 Å². The van der Waals surface area contributed by atoms with Crippen LogP contribution < -0.4 is 0 Å². The molecule has 1 aliphatic rings. The summed E-state index contributed by atoms with van der Waals surface area (Å²) in [7, 11) is 0. The minimum Gasteiger partial charge on any atom is -0.0845 e. The third-order valence-corrected chi connectivity index (χ3v) is 1.37. The maximum absolute atomic E-state index is 2.23. The average Bonchev–Trinajstić information content (AvgIpc) is 1.62. The SMILES string of the molecule is [CH]1/C=C\[CH]CCCC1. The van der Waals surface area contributed by atoms with Crippen molar-refractivity contribution in [1.29, 1.82) is 0 Å². The van der Waals surface area contributed by atoms with Gasteiger partial charge >= 0.3 is 0 Å². The fourth-order valence-electron chi connectivity index (χ4n) is 0.874. The molecule has 0 amide bonds. The van der Waals surface area contributed by atoms with E-state index >= 15 is 0 Å². The summed E-state index contributed by atoms with van der Waals surface area (Å²) in [5, 5.41) is 0. The Balaban J connectivity index is 2.17. The highest BCUT2D eigenvalue weighted by Gasteiger charge is 1.90. The molecule has 0 spiro atoms. The van der Waals surface area contributed by atoms with E-state index in [1.807, 2.05) is 0 Å². The van der Waals surface area contributed by atoms with Crippen LogP contribution in [0.25, 0.3) is 0 Å². The van der Waals surface area contributed by atoms with Crippen LogP contribution in [-0.4, -0.2) is 0 Å². The molecule has 8 heavy (non-hydrogen) atoms. The lowest BCUT2D eigenvalue weighted by Crippen LogP contribution is -1.81. The minimum atomic E-state index is 1.27. The third kappa shape index (κ3) is 2.15. The van der Waals surface area contributed by atoms with Crippen molar-refractivity contribution in [3.63, 3.8) is 0 Å². The van der Waals surface area contributed by atoms with E-state index in [9.17, 15) is 0 Å². The summed E-state index contributed by atoms with van der Waals surface area (Å²) in [5.41, 5.74) is 0. The van der Waals surface area contributed by atoms with Gasteiger partial charge in [0, 0.05) is 0 Å². The first-order valence-electron chi connectivity index (χ1n) is 3.32. The van der Waals surface area contributed by atoms with E-state index in [0.29, 0.717) is 0 Å². The van der Waals surface area contributed by atoms with Crippen molar-refractivity contribution in [2.75, 3.05) is 0 Å². The Morgan fingerprint density at radius 1 is 0.750 bits per heavy atom. The van der Waals surface area contributed by atoms with Gasteiger partial charge in [0.25, 0.3) is 0 Å². The number of allylic oxidation sites excluding steroid dienone is 2. The van der Waals surface area contributed by atoms with Crippen LogP contribution in [0, 0.1) is 12.8 Å². The summed E-state index contributed by atoms with van der Waals surface area (Å²) in [6, 6.07) is 0. The highest BCUT2D eigenvalue weighted by molar-refractivity contribution is 5.03. The van der Waals surface area contributed by atoms with E-state index in [4.69, 9.17) is 0 Å². The summed E-state index contributed by atoms with van der Waals surface area (Å²) in [5.74, 6) is 0. The van der Waals surface area contributed by atoms with Gasteiger partial charge < -0.3 is 0 Å². The van der Waals surface area contributed by atoms with Gasteiger partial charge in [0.2, 0.25) is 0 Å². The molecule has 0 saturated carbocycles. The molecule has 44 valence electrons. The summed E-state index contributed by atoms with van der Waals surface area (Å²) < 4.78 is 0. The van der Waals surface area contributed by atoms with E-state index in [2.05, 4.69) is 25.0 Å². The van der Waals surface area contributed by atoms with E-state index in [1.54, 1.807) is 0 Å². The Morgan fingerprint density at radius 3 is 1.75 bits per heavy atom. The molecule has 0 saturated heterocycles. The average molecular weight is 108 g/mol. The highest BCUT2D eigenvalue weighted by atomic mass is 14.0. The second kappa shape index (κ2) is 3.71. The van der Waals surface area contributed by atoms with Gasteiger partial charge in [0.15, 0.2) is 0 Å². The standard InChI is InChI=1S/C8H12/c1-2-4-6-8-7-5-3-1/h1-4H,5-8H2/b2-1-. The molecule has 0 aromatic rings. The maximum atomic E-state index is 2.23. The molecule has 0 aromatic carbocycles. The van der Waals surface area contributed by atoms with Crippen molar-refractivity contribution in [2.45, 2.75) is 25.7 Å². The zero-order valence-corrected chi connectivity index (χ0v) is 5.14. The van der Waals surface area contributed by atoms with Crippen molar-refractivity contribution >= 4 is 0 Å². The number of hydrogen-bond donors (Lipinski definition) is 0. The lowest BCUT2D eigenvalue weighted by atomic mass is 10.1. The van der Waals surface area contributed by atoms with Crippen LogP contribution in [0.3, 0.4) is 0 Å². The molecular weight excluding hydrogens is 96.1 g/mol. The predicted octanol–water partition coefficient (Wildman–Crippen LogP) is 2.53. The molecule has 0 atom stereocenters. The van der Waals surface area contributed by atoms with Crippen molar-refractivity contribution < 1.29 is 0 Å². The van der Waals surface area contributed by atoms with Gasteiger partial charge in [-0.25, -0.2) is 0 Å². The normalized spacial score (nSPS) is 26.0. The lowest BCUT2D eigenvalue weighted by Gasteiger charge is -1.99. The van der Waals surface area contributed by atoms with Crippen LogP contribution in [0.2, 0.25) is 0 Å². The topological polar surface area (TPSA) is 0 Å². The second-order valence-electron chi connectivity index (χ2n) is 2.14. The minimum absolute atomic E-state index is 1.27. The molecule has 1 aliphatic carbocycles. The molecule has 0 unspecified atom stereocenters. The summed E-state index contributed by atoms with van der Waals surface area (Å²) in [4.78, 5) is 0. The van der Waals surface area contributed by atoms with Crippen molar-refractivity contribution in [1.82, 2.24) is 0 Å². The van der Waals surface area contributed by atoms with Crippen LogP contribution in [-0.2, 0) is 0 Å². The van der Waals surface area contributed by atoms with Gasteiger partial charge in [0.05, 0.1) is 0 Å². The molecule has 2 radical (unpaired) electrons. The molecule has 1 rings (SSSR count). The highest BCUT2D eigenvalue weighted by Crippen LogP contribution is 2.08. The molecule has 0 aliphatic heterocycles. The molecule has 0 aromatic heterocycles. The fourth-order valence-corrected chi connectivity index (χ4v) is 0.874. The second-order valence-corrected chi connectivity index (χ2v) is 2.14. The van der Waals surface area contributed by atoms with Gasteiger partial charge in [-0.05, 0) is 25.7 Å². The third-order valence-electron chi connectivity index (χ3n) is 1.37. The molecule has 0 heterocycles. The first-order valence-corrected chi connectivity index (χ1v) is 3.32. The molecule has 0 N–H and O–H groups in total. The maximum Gasteiger partial charge on any atom is -0.0170 e. The molecule has 0 bridgehead atoms. The predicted molar refractivity (Wildman–Crippen MR) is 36.2 cm³/mol. The van der Waals surface area contributed by atoms with E-state index < -0.39 is 0 Å². The Morgan fingerprint density at radius 2 is 1.25 bits per heavy atom. The Labute approximate surface area is 51.6 Å². The Bertz CT molecular complexity index is 62.1. The van der Waals surface area contributed by atoms with E-state index in [-0.39, 0.29) is 0 Å². The first-order chi connectivity index (χ1) is 4.00. The van der Waals surface area contributed by atoms with Crippen LogP contribution in [0.4, 0.5) is 0 Å². The Hall–Kier alpha value is -0.260. The first kappa shape index (κ1) is 5.87. The molecule has 0 fully saturated rings.